The fourth-order valence-corrected chi connectivity index (χ4v) is 2.92. The monoisotopic (exact) mass is 353 g/mol. The summed E-state index contributed by atoms with van der Waals surface area (Å²) in [4.78, 5) is 12.1. The predicted molar refractivity (Wildman–Crippen MR) is 83.7 cm³/mol. The van der Waals surface area contributed by atoms with Crippen molar-refractivity contribution in [2.75, 3.05) is 5.32 Å². The molecular formula is C13H12BrN3O2S. The minimum atomic E-state index is -0.246. The van der Waals surface area contributed by atoms with E-state index in [4.69, 9.17) is 10.9 Å². The molecule has 0 unspecified atom stereocenters. The highest BCUT2D eigenvalue weighted by molar-refractivity contribution is 9.11. The first kappa shape index (κ1) is 14.5. The number of rotatable bonds is 3. The third kappa shape index (κ3) is 3.00. The minimum Gasteiger partial charge on any atom is -0.409 e. The van der Waals surface area contributed by atoms with E-state index in [1.807, 2.05) is 13.0 Å². The number of benzene rings is 1. The van der Waals surface area contributed by atoms with Crippen molar-refractivity contribution in [1.82, 2.24) is 0 Å². The van der Waals surface area contributed by atoms with Crippen LogP contribution in [0.5, 0.6) is 0 Å². The van der Waals surface area contributed by atoms with Crippen molar-refractivity contribution in [2.45, 2.75) is 6.92 Å². The number of anilines is 1. The summed E-state index contributed by atoms with van der Waals surface area (Å²) in [6.07, 6.45) is 0. The predicted octanol–water partition coefficient (Wildman–Crippen LogP) is 3.17. The molecule has 4 N–H and O–H groups in total. The van der Waals surface area contributed by atoms with E-state index >= 15 is 0 Å². The van der Waals surface area contributed by atoms with Gasteiger partial charge >= 0.3 is 0 Å². The average Bonchev–Trinajstić information content (AvgIpc) is 2.85. The molecule has 1 aromatic heterocycles. The van der Waals surface area contributed by atoms with Gasteiger partial charge in [-0.05, 0) is 40.5 Å². The summed E-state index contributed by atoms with van der Waals surface area (Å²) in [7, 11) is 0. The molecular weight excluding hydrogens is 342 g/mol. The number of oxime groups is 1. The molecule has 0 saturated carbocycles. The number of hydrogen-bond donors (Lipinski definition) is 3. The smallest absolute Gasteiger partial charge is 0.256 e. The standard InChI is InChI=1S/C13H12BrN3O2S/c1-7-3-2-4-9(11(7)12(15)17-19)16-13(18)8-5-10(14)20-6-8/h2-6,19H,1H3,(H2,15,17)(H,16,18). The molecule has 2 rings (SSSR count). The van der Waals surface area contributed by atoms with E-state index < -0.39 is 0 Å². The zero-order valence-corrected chi connectivity index (χ0v) is 13.0. The van der Waals surface area contributed by atoms with E-state index in [9.17, 15) is 4.79 Å². The molecule has 20 heavy (non-hydrogen) atoms. The Morgan fingerprint density at radius 3 is 2.85 bits per heavy atom. The van der Waals surface area contributed by atoms with Crippen LogP contribution in [0.15, 0.2) is 38.6 Å². The van der Waals surface area contributed by atoms with E-state index in [0.29, 0.717) is 16.8 Å². The van der Waals surface area contributed by atoms with Gasteiger partial charge < -0.3 is 16.3 Å². The molecule has 0 fully saturated rings. The molecule has 104 valence electrons. The molecule has 1 aromatic carbocycles. The van der Waals surface area contributed by atoms with Crippen LogP contribution in [0.4, 0.5) is 5.69 Å². The van der Waals surface area contributed by atoms with E-state index in [1.165, 1.54) is 11.3 Å². The van der Waals surface area contributed by atoms with Crippen LogP contribution in [-0.2, 0) is 0 Å². The minimum absolute atomic E-state index is 0.0371. The lowest BCUT2D eigenvalue weighted by Gasteiger charge is -2.12. The van der Waals surface area contributed by atoms with Gasteiger partial charge in [-0.3, -0.25) is 4.79 Å². The van der Waals surface area contributed by atoms with Gasteiger partial charge in [0.05, 0.1) is 15.0 Å². The second-order valence-electron chi connectivity index (χ2n) is 4.08. The van der Waals surface area contributed by atoms with E-state index in [2.05, 4.69) is 26.4 Å². The zero-order valence-electron chi connectivity index (χ0n) is 10.6. The lowest BCUT2D eigenvalue weighted by atomic mass is 10.1. The van der Waals surface area contributed by atoms with Gasteiger partial charge in [-0.25, -0.2) is 0 Å². The Kier molecular flexibility index (Phi) is 4.41. The fourth-order valence-electron chi connectivity index (χ4n) is 1.79. The second-order valence-corrected chi connectivity index (χ2v) is 6.37. The summed E-state index contributed by atoms with van der Waals surface area (Å²) < 4.78 is 0.878. The van der Waals surface area contributed by atoms with Crippen LogP contribution in [0.1, 0.15) is 21.5 Å². The first-order chi connectivity index (χ1) is 9.52. The lowest BCUT2D eigenvalue weighted by Crippen LogP contribution is -2.20. The molecule has 1 heterocycles. The highest BCUT2D eigenvalue weighted by atomic mass is 79.9. The van der Waals surface area contributed by atoms with Crippen LogP contribution in [0, 0.1) is 6.92 Å². The maximum Gasteiger partial charge on any atom is 0.256 e. The number of nitrogens with two attached hydrogens (primary N) is 1. The molecule has 1 amide bonds. The fraction of sp³-hybridized carbons (Fsp3) is 0.0769. The van der Waals surface area contributed by atoms with Crippen molar-refractivity contribution < 1.29 is 10.0 Å². The van der Waals surface area contributed by atoms with Gasteiger partial charge in [-0.15, -0.1) is 11.3 Å². The number of amidine groups is 1. The first-order valence-corrected chi connectivity index (χ1v) is 7.33. The maximum absolute atomic E-state index is 12.1. The quantitative estimate of drug-likeness (QED) is 0.342. The SMILES string of the molecule is Cc1cccc(NC(=O)c2csc(Br)c2)c1/C(N)=N/O. The Hall–Kier alpha value is -1.86. The van der Waals surface area contributed by atoms with Crippen molar-refractivity contribution in [1.29, 1.82) is 0 Å². The molecule has 0 saturated heterocycles. The summed E-state index contributed by atoms with van der Waals surface area (Å²) in [6, 6.07) is 7.06. The van der Waals surface area contributed by atoms with Crippen LogP contribution in [-0.4, -0.2) is 17.0 Å². The molecule has 0 radical (unpaired) electrons. The van der Waals surface area contributed by atoms with Crippen molar-refractivity contribution in [2.24, 2.45) is 10.9 Å². The molecule has 0 bridgehead atoms. The average molecular weight is 354 g/mol. The number of hydrogen-bond acceptors (Lipinski definition) is 4. The molecule has 0 aliphatic carbocycles. The number of thiophene rings is 1. The van der Waals surface area contributed by atoms with Crippen molar-refractivity contribution in [3.05, 3.63) is 50.1 Å². The summed E-state index contributed by atoms with van der Waals surface area (Å²) in [5.74, 6) is -0.283. The van der Waals surface area contributed by atoms with Crippen LogP contribution in [0.25, 0.3) is 0 Å². The number of carbonyl (C=O) groups excluding carboxylic acids is 1. The first-order valence-electron chi connectivity index (χ1n) is 5.66. The number of amides is 1. The van der Waals surface area contributed by atoms with Gasteiger partial charge in [0.15, 0.2) is 5.84 Å². The number of carbonyl (C=O) groups is 1. The van der Waals surface area contributed by atoms with Gasteiger partial charge in [0.2, 0.25) is 0 Å². The van der Waals surface area contributed by atoms with Crippen LogP contribution in [0.3, 0.4) is 0 Å². The second kappa shape index (κ2) is 6.06. The van der Waals surface area contributed by atoms with Gasteiger partial charge in [0.1, 0.15) is 0 Å². The Labute approximate surface area is 128 Å². The van der Waals surface area contributed by atoms with E-state index in [-0.39, 0.29) is 11.7 Å². The van der Waals surface area contributed by atoms with Crippen LogP contribution in [0.2, 0.25) is 0 Å². The topological polar surface area (TPSA) is 87.7 Å². The maximum atomic E-state index is 12.1. The molecule has 7 heteroatoms. The van der Waals surface area contributed by atoms with Gasteiger partial charge in [0.25, 0.3) is 5.91 Å². The molecule has 5 nitrogen and oxygen atoms in total. The van der Waals surface area contributed by atoms with Crippen LogP contribution < -0.4 is 11.1 Å². The number of aryl methyl sites for hydroxylation is 1. The Balaban J connectivity index is 2.34. The molecule has 0 atom stereocenters. The molecule has 0 spiro atoms. The van der Waals surface area contributed by atoms with Crippen molar-refractivity contribution >= 4 is 44.7 Å². The summed E-state index contributed by atoms with van der Waals surface area (Å²) in [6.45, 7) is 1.82. The van der Waals surface area contributed by atoms with Gasteiger partial charge in [0, 0.05) is 10.9 Å². The number of halogens is 1. The zero-order chi connectivity index (χ0) is 14.7. The molecule has 0 aliphatic heterocycles. The van der Waals surface area contributed by atoms with Gasteiger partial charge in [-0.2, -0.15) is 0 Å². The third-order valence-electron chi connectivity index (χ3n) is 2.71. The molecule has 2 aromatic rings. The summed E-state index contributed by atoms with van der Waals surface area (Å²) >= 11 is 4.74. The van der Waals surface area contributed by atoms with Crippen molar-refractivity contribution in [3.63, 3.8) is 0 Å². The lowest BCUT2D eigenvalue weighted by molar-refractivity contribution is 0.102. The number of nitrogens with one attached hydrogen (secondary N) is 1. The Morgan fingerprint density at radius 1 is 1.50 bits per heavy atom. The van der Waals surface area contributed by atoms with Crippen molar-refractivity contribution in [3.8, 4) is 0 Å². The number of nitrogens with zero attached hydrogens (tertiary/aromatic N) is 1. The Bertz CT molecular complexity index is 682. The third-order valence-corrected chi connectivity index (χ3v) is 4.22. The highest BCUT2D eigenvalue weighted by Crippen LogP contribution is 2.23. The van der Waals surface area contributed by atoms with Crippen LogP contribution >= 0.6 is 27.3 Å². The van der Waals surface area contributed by atoms with Gasteiger partial charge in [-0.1, -0.05) is 17.3 Å². The summed E-state index contributed by atoms with van der Waals surface area (Å²) in [5.41, 5.74) is 8.04. The van der Waals surface area contributed by atoms with E-state index in [1.54, 1.807) is 23.6 Å². The molecule has 0 aliphatic rings. The summed E-state index contributed by atoms with van der Waals surface area (Å²) in [5, 5.41) is 16.4. The highest BCUT2D eigenvalue weighted by Gasteiger charge is 2.14. The van der Waals surface area contributed by atoms with E-state index in [0.717, 1.165) is 9.35 Å². The largest absolute Gasteiger partial charge is 0.409 e. The Morgan fingerprint density at radius 2 is 2.25 bits per heavy atom. The normalized spacial score (nSPS) is 11.4.